The first kappa shape index (κ1) is 15.0. The maximum absolute atomic E-state index is 12.0. The molecule has 1 aliphatic heterocycles. The van der Waals surface area contributed by atoms with Crippen LogP contribution < -0.4 is 10.9 Å². The number of anilines is 1. The third-order valence-corrected chi connectivity index (χ3v) is 3.51. The fraction of sp³-hybridized carbons (Fsp3) is 0.733. The van der Waals surface area contributed by atoms with E-state index < -0.39 is 0 Å². The van der Waals surface area contributed by atoms with Crippen LogP contribution in [0.15, 0.2) is 17.1 Å². The highest BCUT2D eigenvalue weighted by atomic mass is 16.5. The molecule has 2 heterocycles. The lowest BCUT2D eigenvalue weighted by Gasteiger charge is -2.19. The monoisotopic (exact) mass is 279 g/mol. The molecule has 2 rings (SSSR count). The number of ether oxygens (including phenoxy) is 1. The first-order valence-corrected chi connectivity index (χ1v) is 7.34. The normalized spacial score (nSPS) is 21.4. The highest BCUT2D eigenvalue weighted by molar-refractivity contribution is 5.38. The van der Waals surface area contributed by atoms with E-state index in [4.69, 9.17) is 4.74 Å². The third kappa shape index (κ3) is 4.07. The van der Waals surface area contributed by atoms with Gasteiger partial charge in [-0.25, -0.2) is 4.68 Å². The smallest absolute Gasteiger partial charge is 0.268 e. The third-order valence-electron chi connectivity index (χ3n) is 3.51. The van der Waals surface area contributed by atoms with Gasteiger partial charge in [0.2, 0.25) is 0 Å². The van der Waals surface area contributed by atoms with Crippen molar-refractivity contribution in [2.45, 2.75) is 58.8 Å². The lowest BCUT2D eigenvalue weighted by molar-refractivity contribution is -0.0235. The van der Waals surface area contributed by atoms with Crippen molar-refractivity contribution in [3.05, 3.63) is 22.6 Å². The van der Waals surface area contributed by atoms with Crippen molar-refractivity contribution in [2.75, 3.05) is 11.9 Å². The molecule has 0 amide bonds. The van der Waals surface area contributed by atoms with Gasteiger partial charge in [-0.15, -0.1) is 0 Å². The molecule has 0 saturated carbocycles. The fourth-order valence-corrected chi connectivity index (χ4v) is 2.39. The molecule has 1 atom stereocenters. The molecule has 1 fully saturated rings. The Bertz CT molecular complexity index is 508. The predicted octanol–water partition coefficient (Wildman–Crippen LogP) is 2.27. The van der Waals surface area contributed by atoms with E-state index in [-0.39, 0.29) is 17.3 Å². The summed E-state index contributed by atoms with van der Waals surface area (Å²) in [5.41, 5.74) is 0.632. The molecular weight excluding hydrogens is 254 g/mol. The van der Waals surface area contributed by atoms with Crippen molar-refractivity contribution >= 4 is 5.69 Å². The molecule has 1 aromatic heterocycles. The van der Waals surface area contributed by atoms with Gasteiger partial charge in [0, 0.05) is 12.6 Å². The number of nitrogens with zero attached hydrogens (tertiary/aromatic N) is 2. The topological polar surface area (TPSA) is 56.1 Å². The molecule has 0 aliphatic carbocycles. The average molecular weight is 279 g/mol. The zero-order valence-corrected chi connectivity index (χ0v) is 12.8. The van der Waals surface area contributed by atoms with Gasteiger partial charge in [-0.3, -0.25) is 4.79 Å². The molecule has 1 saturated heterocycles. The molecule has 0 bridgehead atoms. The second-order valence-corrected chi connectivity index (χ2v) is 6.58. The summed E-state index contributed by atoms with van der Waals surface area (Å²) >= 11 is 0. The van der Waals surface area contributed by atoms with Crippen LogP contribution in [0.4, 0.5) is 5.69 Å². The molecule has 5 nitrogen and oxygen atoms in total. The van der Waals surface area contributed by atoms with E-state index in [1.807, 2.05) is 0 Å². The minimum atomic E-state index is -0.0768. The molecule has 1 N–H and O–H groups in total. The molecule has 0 radical (unpaired) electrons. The van der Waals surface area contributed by atoms with Gasteiger partial charge in [0.15, 0.2) is 0 Å². The van der Waals surface area contributed by atoms with E-state index in [1.165, 1.54) is 4.68 Å². The minimum absolute atomic E-state index is 0.0764. The predicted molar refractivity (Wildman–Crippen MR) is 80.0 cm³/mol. The first-order valence-electron chi connectivity index (χ1n) is 7.34. The zero-order valence-electron chi connectivity index (χ0n) is 12.8. The molecule has 112 valence electrons. The second-order valence-electron chi connectivity index (χ2n) is 6.58. The summed E-state index contributed by atoms with van der Waals surface area (Å²) in [5.74, 6) is 0.534. The Kier molecular flexibility index (Phi) is 4.48. The standard InChI is InChI=1S/C15H25N3O2/c1-11(2)8-16-12-7-14(19)18(17-9-12)10-13-5-6-15(3,4)20-13/h7,9,11,13,16H,5-6,8,10H2,1-4H3. The summed E-state index contributed by atoms with van der Waals surface area (Å²) in [5, 5.41) is 7.44. The molecule has 20 heavy (non-hydrogen) atoms. The Morgan fingerprint density at radius 3 is 2.85 bits per heavy atom. The molecular formula is C15H25N3O2. The maximum Gasteiger partial charge on any atom is 0.268 e. The van der Waals surface area contributed by atoms with Crippen LogP contribution in [0.2, 0.25) is 0 Å². The lowest BCUT2D eigenvalue weighted by atomic mass is 10.1. The molecule has 1 aliphatic rings. The van der Waals surface area contributed by atoms with Crippen LogP contribution >= 0.6 is 0 Å². The van der Waals surface area contributed by atoms with Gasteiger partial charge in [0.25, 0.3) is 5.56 Å². The summed E-state index contributed by atoms with van der Waals surface area (Å²) < 4.78 is 7.39. The number of rotatable bonds is 5. The summed E-state index contributed by atoms with van der Waals surface area (Å²) in [7, 11) is 0. The SMILES string of the molecule is CC(C)CNc1cnn(CC2CCC(C)(C)O2)c(=O)c1. The fourth-order valence-electron chi connectivity index (χ4n) is 2.39. The van der Waals surface area contributed by atoms with Crippen LogP contribution in [-0.2, 0) is 11.3 Å². The van der Waals surface area contributed by atoms with Crippen molar-refractivity contribution in [2.24, 2.45) is 5.92 Å². The Morgan fingerprint density at radius 1 is 1.55 bits per heavy atom. The molecule has 1 aromatic rings. The van der Waals surface area contributed by atoms with Crippen LogP contribution in [0.5, 0.6) is 0 Å². The highest BCUT2D eigenvalue weighted by Gasteiger charge is 2.31. The van der Waals surface area contributed by atoms with Crippen LogP contribution in [0.1, 0.15) is 40.5 Å². The van der Waals surface area contributed by atoms with Crippen molar-refractivity contribution in [1.29, 1.82) is 0 Å². The first-order chi connectivity index (χ1) is 9.35. The van der Waals surface area contributed by atoms with Gasteiger partial charge in [-0.1, -0.05) is 13.8 Å². The van der Waals surface area contributed by atoms with Gasteiger partial charge in [0.05, 0.1) is 30.1 Å². The Labute approximate surface area is 120 Å². The summed E-state index contributed by atoms with van der Waals surface area (Å²) in [6, 6.07) is 1.61. The Balaban J connectivity index is 1.98. The number of aromatic nitrogens is 2. The molecule has 1 unspecified atom stereocenters. The number of nitrogens with one attached hydrogen (secondary N) is 1. The van der Waals surface area contributed by atoms with Gasteiger partial charge in [-0.05, 0) is 32.6 Å². The van der Waals surface area contributed by atoms with Crippen molar-refractivity contribution in [3.63, 3.8) is 0 Å². The van der Waals surface area contributed by atoms with E-state index in [1.54, 1.807) is 12.3 Å². The van der Waals surface area contributed by atoms with Crippen LogP contribution in [0, 0.1) is 5.92 Å². The van der Waals surface area contributed by atoms with Gasteiger partial charge in [0.1, 0.15) is 0 Å². The van der Waals surface area contributed by atoms with E-state index in [0.29, 0.717) is 12.5 Å². The highest BCUT2D eigenvalue weighted by Crippen LogP contribution is 2.29. The summed E-state index contributed by atoms with van der Waals surface area (Å²) in [4.78, 5) is 12.0. The Morgan fingerprint density at radius 2 is 2.30 bits per heavy atom. The second kappa shape index (κ2) is 5.95. The van der Waals surface area contributed by atoms with E-state index in [0.717, 1.165) is 25.1 Å². The van der Waals surface area contributed by atoms with E-state index in [9.17, 15) is 4.79 Å². The van der Waals surface area contributed by atoms with E-state index in [2.05, 4.69) is 38.1 Å². The van der Waals surface area contributed by atoms with Crippen LogP contribution in [-0.4, -0.2) is 28.0 Å². The number of hydrogen-bond donors (Lipinski definition) is 1. The van der Waals surface area contributed by atoms with Gasteiger partial charge in [-0.2, -0.15) is 5.10 Å². The van der Waals surface area contributed by atoms with Gasteiger partial charge >= 0.3 is 0 Å². The maximum atomic E-state index is 12.0. The lowest BCUT2D eigenvalue weighted by Crippen LogP contribution is -2.30. The molecule has 5 heteroatoms. The van der Waals surface area contributed by atoms with Crippen molar-refractivity contribution in [1.82, 2.24) is 9.78 Å². The Hall–Kier alpha value is -1.36. The minimum Gasteiger partial charge on any atom is -0.383 e. The van der Waals surface area contributed by atoms with Crippen LogP contribution in [0.3, 0.4) is 0 Å². The quantitative estimate of drug-likeness (QED) is 0.898. The molecule has 0 spiro atoms. The molecule has 0 aromatic carbocycles. The number of hydrogen-bond acceptors (Lipinski definition) is 4. The summed E-state index contributed by atoms with van der Waals surface area (Å²) in [6.07, 6.45) is 3.81. The van der Waals surface area contributed by atoms with Gasteiger partial charge < -0.3 is 10.1 Å². The average Bonchev–Trinajstić information content (AvgIpc) is 2.69. The zero-order chi connectivity index (χ0) is 14.8. The van der Waals surface area contributed by atoms with E-state index >= 15 is 0 Å². The largest absolute Gasteiger partial charge is 0.383 e. The van der Waals surface area contributed by atoms with Crippen LogP contribution in [0.25, 0.3) is 0 Å². The van der Waals surface area contributed by atoms with Crippen molar-refractivity contribution < 1.29 is 4.74 Å². The summed E-state index contributed by atoms with van der Waals surface area (Å²) in [6.45, 7) is 9.80. The van der Waals surface area contributed by atoms with Crippen molar-refractivity contribution in [3.8, 4) is 0 Å².